The topological polar surface area (TPSA) is 57.6 Å². The van der Waals surface area contributed by atoms with E-state index in [-0.39, 0.29) is 17.9 Å². The standard InChI is InChI=1S/C16H29NO3/c1-16(2,3)17(12-11-15(19)20)14(18)10-9-13-7-5-4-6-8-13/h13H,4-12H2,1-3H3,(H,19,20). The van der Waals surface area contributed by atoms with Crippen molar-refractivity contribution in [2.75, 3.05) is 6.54 Å². The Balaban J connectivity index is 2.47. The fraction of sp³-hybridized carbons (Fsp3) is 0.875. The van der Waals surface area contributed by atoms with Crippen LogP contribution in [0, 0.1) is 5.92 Å². The number of carbonyl (C=O) groups excluding carboxylic acids is 1. The molecule has 0 spiro atoms. The number of amides is 1. The van der Waals surface area contributed by atoms with Gasteiger partial charge in [0.2, 0.25) is 5.91 Å². The largest absolute Gasteiger partial charge is 0.481 e. The molecule has 0 radical (unpaired) electrons. The highest BCUT2D eigenvalue weighted by molar-refractivity contribution is 5.77. The highest BCUT2D eigenvalue weighted by Gasteiger charge is 2.27. The van der Waals surface area contributed by atoms with Gasteiger partial charge in [-0.3, -0.25) is 9.59 Å². The van der Waals surface area contributed by atoms with Crippen LogP contribution in [0.15, 0.2) is 0 Å². The molecular formula is C16H29NO3. The molecule has 1 saturated carbocycles. The van der Waals surface area contributed by atoms with Gasteiger partial charge in [-0.05, 0) is 33.1 Å². The average Bonchev–Trinajstić information content (AvgIpc) is 2.35. The molecule has 0 bridgehead atoms. The summed E-state index contributed by atoms with van der Waals surface area (Å²) < 4.78 is 0. The molecule has 4 heteroatoms. The lowest BCUT2D eigenvalue weighted by molar-refractivity contribution is -0.140. The zero-order valence-corrected chi connectivity index (χ0v) is 13.2. The fourth-order valence-corrected chi connectivity index (χ4v) is 2.98. The molecule has 20 heavy (non-hydrogen) atoms. The first-order chi connectivity index (χ1) is 9.30. The van der Waals surface area contributed by atoms with Crippen LogP contribution in [0.25, 0.3) is 0 Å². The Morgan fingerprint density at radius 3 is 2.20 bits per heavy atom. The number of carbonyl (C=O) groups is 2. The Morgan fingerprint density at radius 2 is 1.70 bits per heavy atom. The van der Waals surface area contributed by atoms with E-state index >= 15 is 0 Å². The second kappa shape index (κ2) is 7.65. The lowest BCUT2D eigenvalue weighted by Gasteiger charge is -2.36. The summed E-state index contributed by atoms with van der Waals surface area (Å²) in [5.41, 5.74) is -0.306. The lowest BCUT2D eigenvalue weighted by Crippen LogP contribution is -2.46. The molecule has 1 aliphatic rings. The molecule has 1 rings (SSSR count). The molecule has 1 fully saturated rings. The van der Waals surface area contributed by atoms with Crippen molar-refractivity contribution in [3.8, 4) is 0 Å². The predicted octanol–water partition coefficient (Wildman–Crippen LogP) is 3.45. The maximum Gasteiger partial charge on any atom is 0.305 e. The third-order valence-corrected chi connectivity index (χ3v) is 4.15. The third-order valence-electron chi connectivity index (χ3n) is 4.15. The summed E-state index contributed by atoms with van der Waals surface area (Å²) in [4.78, 5) is 24.8. The second-order valence-corrected chi connectivity index (χ2v) is 6.90. The molecule has 0 aromatic carbocycles. The van der Waals surface area contributed by atoms with E-state index in [4.69, 9.17) is 5.11 Å². The highest BCUT2D eigenvalue weighted by Crippen LogP contribution is 2.28. The van der Waals surface area contributed by atoms with Gasteiger partial charge in [-0.25, -0.2) is 0 Å². The monoisotopic (exact) mass is 283 g/mol. The van der Waals surface area contributed by atoms with E-state index in [9.17, 15) is 9.59 Å². The molecule has 0 unspecified atom stereocenters. The summed E-state index contributed by atoms with van der Waals surface area (Å²) in [7, 11) is 0. The first-order valence-corrected chi connectivity index (χ1v) is 7.83. The maximum atomic E-state index is 12.4. The number of carboxylic acid groups (broad SMARTS) is 1. The molecule has 0 aromatic heterocycles. The van der Waals surface area contributed by atoms with Crippen molar-refractivity contribution in [3.63, 3.8) is 0 Å². The molecule has 116 valence electrons. The van der Waals surface area contributed by atoms with Gasteiger partial charge in [-0.2, -0.15) is 0 Å². The van der Waals surface area contributed by atoms with Gasteiger partial charge in [0.05, 0.1) is 6.42 Å². The Morgan fingerprint density at radius 1 is 1.10 bits per heavy atom. The van der Waals surface area contributed by atoms with E-state index in [0.717, 1.165) is 6.42 Å². The van der Waals surface area contributed by atoms with Gasteiger partial charge < -0.3 is 10.0 Å². The zero-order chi connectivity index (χ0) is 15.2. The minimum Gasteiger partial charge on any atom is -0.481 e. The Labute approximate surface area is 122 Å². The van der Waals surface area contributed by atoms with Crippen molar-refractivity contribution >= 4 is 11.9 Å². The van der Waals surface area contributed by atoms with Crippen LogP contribution in [0.3, 0.4) is 0 Å². The van der Waals surface area contributed by atoms with E-state index in [1.54, 1.807) is 4.90 Å². The molecule has 0 saturated heterocycles. The van der Waals surface area contributed by atoms with Crippen molar-refractivity contribution in [3.05, 3.63) is 0 Å². The van der Waals surface area contributed by atoms with Gasteiger partial charge in [-0.15, -0.1) is 0 Å². The number of aliphatic carboxylic acids is 1. The summed E-state index contributed by atoms with van der Waals surface area (Å²) in [5, 5.41) is 8.81. The van der Waals surface area contributed by atoms with Gasteiger partial charge in [-0.1, -0.05) is 32.1 Å². The Hall–Kier alpha value is -1.06. The second-order valence-electron chi connectivity index (χ2n) is 6.90. The Kier molecular flexibility index (Phi) is 6.50. The van der Waals surface area contributed by atoms with Gasteiger partial charge in [0.1, 0.15) is 0 Å². The van der Waals surface area contributed by atoms with Crippen molar-refractivity contribution in [1.29, 1.82) is 0 Å². The van der Waals surface area contributed by atoms with E-state index in [0.29, 0.717) is 18.9 Å². The van der Waals surface area contributed by atoms with E-state index in [1.165, 1.54) is 32.1 Å². The van der Waals surface area contributed by atoms with Crippen LogP contribution in [0.1, 0.15) is 72.1 Å². The molecule has 1 N–H and O–H groups in total. The average molecular weight is 283 g/mol. The highest BCUT2D eigenvalue weighted by atomic mass is 16.4. The van der Waals surface area contributed by atoms with Crippen LogP contribution in [0.5, 0.6) is 0 Å². The van der Waals surface area contributed by atoms with Gasteiger partial charge in [0.15, 0.2) is 0 Å². The first-order valence-electron chi connectivity index (χ1n) is 7.83. The first kappa shape index (κ1) is 17.0. The van der Waals surface area contributed by atoms with Crippen molar-refractivity contribution in [1.82, 2.24) is 4.90 Å². The summed E-state index contributed by atoms with van der Waals surface area (Å²) in [6, 6.07) is 0. The number of rotatable bonds is 6. The number of carboxylic acids is 1. The number of nitrogens with zero attached hydrogens (tertiary/aromatic N) is 1. The lowest BCUT2D eigenvalue weighted by atomic mass is 9.86. The zero-order valence-electron chi connectivity index (χ0n) is 13.2. The molecule has 0 heterocycles. The summed E-state index contributed by atoms with van der Waals surface area (Å²) in [6.45, 7) is 6.20. The molecule has 0 atom stereocenters. The number of hydrogen-bond acceptors (Lipinski definition) is 2. The van der Waals surface area contributed by atoms with Crippen molar-refractivity contribution in [2.24, 2.45) is 5.92 Å². The minimum atomic E-state index is -0.848. The molecule has 1 amide bonds. The van der Waals surface area contributed by atoms with Crippen LogP contribution >= 0.6 is 0 Å². The molecule has 0 aliphatic heterocycles. The van der Waals surface area contributed by atoms with Gasteiger partial charge in [0.25, 0.3) is 0 Å². The summed E-state index contributed by atoms with van der Waals surface area (Å²) in [5.74, 6) is -0.0577. The van der Waals surface area contributed by atoms with Gasteiger partial charge >= 0.3 is 5.97 Å². The van der Waals surface area contributed by atoms with E-state index < -0.39 is 5.97 Å². The predicted molar refractivity (Wildman–Crippen MR) is 79.5 cm³/mol. The fourth-order valence-electron chi connectivity index (χ4n) is 2.98. The quantitative estimate of drug-likeness (QED) is 0.812. The van der Waals surface area contributed by atoms with E-state index in [2.05, 4.69) is 0 Å². The van der Waals surface area contributed by atoms with Crippen LogP contribution in [-0.4, -0.2) is 34.0 Å². The molecular weight excluding hydrogens is 254 g/mol. The van der Waals surface area contributed by atoms with Crippen molar-refractivity contribution in [2.45, 2.75) is 77.7 Å². The van der Waals surface area contributed by atoms with Crippen LogP contribution in [-0.2, 0) is 9.59 Å². The summed E-state index contributed by atoms with van der Waals surface area (Å²) >= 11 is 0. The molecule has 4 nitrogen and oxygen atoms in total. The maximum absolute atomic E-state index is 12.4. The normalized spacial score (nSPS) is 16.9. The summed E-state index contributed by atoms with van der Waals surface area (Å²) in [6.07, 6.45) is 7.95. The molecule has 0 aromatic rings. The van der Waals surface area contributed by atoms with Crippen LogP contribution < -0.4 is 0 Å². The van der Waals surface area contributed by atoms with Crippen LogP contribution in [0.2, 0.25) is 0 Å². The van der Waals surface area contributed by atoms with Crippen LogP contribution in [0.4, 0.5) is 0 Å². The third kappa shape index (κ3) is 5.93. The smallest absolute Gasteiger partial charge is 0.305 e. The minimum absolute atomic E-state index is 0.0203. The van der Waals surface area contributed by atoms with Gasteiger partial charge in [0, 0.05) is 18.5 Å². The number of hydrogen-bond donors (Lipinski definition) is 1. The molecule has 1 aliphatic carbocycles. The Bertz CT molecular complexity index is 327. The van der Waals surface area contributed by atoms with Crippen molar-refractivity contribution < 1.29 is 14.7 Å². The SMILES string of the molecule is CC(C)(C)N(CCC(=O)O)C(=O)CCC1CCCCC1. The van der Waals surface area contributed by atoms with E-state index in [1.807, 2.05) is 20.8 Å².